The number of rotatable bonds is 9. The number of hydrogen-bond acceptors (Lipinski definition) is 6. The Hall–Kier alpha value is -3.58. The minimum atomic E-state index is 0.0720. The third-order valence-corrected chi connectivity index (χ3v) is 10.7. The highest BCUT2D eigenvalue weighted by atomic mass is 16.5. The number of aromatic nitrogens is 1. The number of anilines is 1. The Morgan fingerprint density at radius 3 is 2.22 bits per heavy atom. The van der Waals surface area contributed by atoms with Crippen LogP contribution in [0.3, 0.4) is 0 Å². The fourth-order valence-corrected chi connectivity index (χ4v) is 9.36. The summed E-state index contributed by atoms with van der Waals surface area (Å²) in [5, 5.41) is 9.98. The third-order valence-electron chi connectivity index (χ3n) is 10.7. The number of amides is 1. The second-order valence-electron chi connectivity index (χ2n) is 14.9. The van der Waals surface area contributed by atoms with Crippen LogP contribution in [0.4, 0.5) is 5.69 Å². The highest BCUT2D eigenvalue weighted by Gasteiger charge is 2.51. The molecular weight excluding hydrogens is 560 g/mol. The molecule has 1 aliphatic heterocycles. The van der Waals surface area contributed by atoms with Crippen molar-refractivity contribution in [3.63, 3.8) is 0 Å². The molecule has 1 N–H and O–H groups in total. The molecule has 3 aromatic rings. The molecule has 1 saturated heterocycles. The van der Waals surface area contributed by atoms with Gasteiger partial charge in [0.15, 0.2) is 0 Å². The van der Waals surface area contributed by atoms with Crippen molar-refractivity contribution in [3.8, 4) is 22.6 Å². The summed E-state index contributed by atoms with van der Waals surface area (Å²) in [7, 11) is 2.02. The molecule has 45 heavy (non-hydrogen) atoms. The van der Waals surface area contributed by atoms with E-state index in [1.165, 1.54) is 56.0 Å². The maximum Gasteiger partial charge on any atom is 0.253 e. The monoisotopic (exact) mass is 608 g/mol. The third kappa shape index (κ3) is 6.69. The molecule has 1 amide bonds. The first-order valence-electron chi connectivity index (χ1n) is 17.0. The molecule has 0 spiro atoms. The highest BCUT2D eigenvalue weighted by Crippen LogP contribution is 2.60. The lowest BCUT2D eigenvalue weighted by Gasteiger charge is -2.57. The van der Waals surface area contributed by atoms with Gasteiger partial charge in [0.05, 0.1) is 12.3 Å². The maximum atomic E-state index is 13.5. The van der Waals surface area contributed by atoms with Crippen LogP contribution >= 0.6 is 0 Å². The first-order chi connectivity index (χ1) is 21.7. The van der Waals surface area contributed by atoms with Crippen LogP contribution in [0.25, 0.3) is 11.1 Å². The smallest absolute Gasteiger partial charge is 0.253 e. The summed E-state index contributed by atoms with van der Waals surface area (Å²) in [4.78, 5) is 24.6. The van der Waals surface area contributed by atoms with Gasteiger partial charge in [0.2, 0.25) is 0 Å². The molecule has 4 aliphatic carbocycles. The molecule has 238 valence electrons. The standard InChI is InChI=1S/C38H48N4O3/c1-26(2)45-36-16-30(15-32(18-36)33-17-35(43)23-39-22-33)24-41-8-10-42(11-9-41)34-6-4-31(5-7-34)37(44)40(3)25-38-19-27-12-28(20-38)14-29(13-27)21-38/h4-7,15-18,22-23,26-29,43H,8-14,19-21,24-25H2,1-3H3. The van der Waals surface area contributed by atoms with Crippen LogP contribution in [0.5, 0.6) is 11.5 Å². The van der Waals surface area contributed by atoms with Crippen LogP contribution in [0.1, 0.15) is 68.3 Å². The second-order valence-corrected chi connectivity index (χ2v) is 14.9. The van der Waals surface area contributed by atoms with Gasteiger partial charge in [0.25, 0.3) is 5.91 Å². The molecular formula is C38H48N4O3. The number of carbonyl (C=O) groups is 1. The minimum absolute atomic E-state index is 0.0720. The highest BCUT2D eigenvalue weighted by molar-refractivity contribution is 5.94. The van der Waals surface area contributed by atoms with Crippen molar-refractivity contribution < 1.29 is 14.6 Å². The van der Waals surface area contributed by atoms with E-state index in [2.05, 4.69) is 39.0 Å². The van der Waals surface area contributed by atoms with Crippen molar-refractivity contribution in [1.82, 2.24) is 14.8 Å². The van der Waals surface area contributed by atoms with Gasteiger partial charge in [0.1, 0.15) is 11.5 Å². The van der Waals surface area contributed by atoms with Crippen molar-refractivity contribution in [2.45, 2.75) is 65.0 Å². The summed E-state index contributed by atoms with van der Waals surface area (Å²) in [6.45, 7) is 9.58. The van der Waals surface area contributed by atoms with Crippen molar-refractivity contribution in [2.24, 2.45) is 23.2 Å². The van der Waals surface area contributed by atoms with Crippen LogP contribution in [-0.4, -0.2) is 71.7 Å². The van der Waals surface area contributed by atoms with Gasteiger partial charge in [-0.1, -0.05) is 0 Å². The van der Waals surface area contributed by atoms with Crippen molar-refractivity contribution in [2.75, 3.05) is 44.7 Å². The Balaban J connectivity index is 0.954. The van der Waals surface area contributed by atoms with E-state index in [-0.39, 0.29) is 17.8 Å². The lowest BCUT2D eigenvalue weighted by Crippen LogP contribution is -2.51. The largest absolute Gasteiger partial charge is 0.506 e. The van der Waals surface area contributed by atoms with Crippen molar-refractivity contribution in [1.29, 1.82) is 0 Å². The summed E-state index contributed by atoms with van der Waals surface area (Å²) in [6.07, 6.45) is 11.6. The van der Waals surface area contributed by atoms with Crippen LogP contribution in [0, 0.1) is 23.2 Å². The van der Waals surface area contributed by atoms with Gasteiger partial charge in [-0.25, -0.2) is 0 Å². The first-order valence-corrected chi connectivity index (χ1v) is 17.0. The van der Waals surface area contributed by atoms with E-state index in [0.717, 1.165) is 79.5 Å². The first kappa shape index (κ1) is 30.1. The number of aromatic hydroxyl groups is 1. The van der Waals surface area contributed by atoms with E-state index in [0.29, 0.717) is 5.41 Å². The molecule has 2 heterocycles. The SMILES string of the molecule is CC(C)Oc1cc(CN2CCN(c3ccc(C(=O)N(C)CC45CC6CC(CC(C6)C4)C5)cc3)CC2)cc(-c2cncc(O)c2)c1. The number of carbonyl (C=O) groups excluding carboxylic acids is 1. The molecule has 7 nitrogen and oxygen atoms in total. The van der Waals surface area contributed by atoms with Gasteiger partial charge in [-0.15, -0.1) is 0 Å². The van der Waals surface area contributed by atoms with E-state index in [4.69, 9.17) is 4.74 Å². The van der Waals surface area contributed by atoms with E-state index in [1.807, 2.05) is 44.0 Å². The fraction of sp³-hybridized carbons (Fsp3) is 0.526. The van der Waals surface area contributed by atoms with Crippen LogP contribution in [0.2, 0.25) is 0 Å². The quantitative estimate of drug-likeness (QED) is 0.287. The molecule has 7 heteroatoms. The minimum Gasteiger partial charge on any atom is -0.506 e. The lowest BCUT2D eigenvalue weighted by atomic mass is 9.49. The zero-order valence-corrected chi connectivity index (χ0v) is 27.1. The van der Waals surface area contributed by atoms with E-state index >= 15 is 0 Å². The molecule has 5 aliphatic rings. The van der Waals surface area contributed by atoms with Crippen LogP contribution < -0.4 is 9.64 Å². The summed E-state index contributed by atoms with van der Waals surface area (Å²) in [5.74, 6) is 3.86. The molecule has 5 fully saturated rings. The topological polar surface area (TPSA) is 69.1 Å². The van der Waals surface area contributed by atoms with Gasteiger partial charge in [-0.3, -0.25) is 14.7 Å². The summed E-state index contributed by atoms with van der Waals surface area (Å²) in [6, 6.07) is 16.4. The van der Waals surface area contributed by atoms with Crippen molar-refractivity contribution >= 4 is 11.6 Å². The summed E-state index contributed by atoms with van der Waals surface area (Å²) in [5.41, 5.74) is 5.39. The molecule has 2 aromatic carbocycles. The van der Waals surface area contributed by atoms with E-state index in [9.17, 15) is 9.90 Å². The zero-order chi connectivity index (χ0) is 31.1. The normalized spacial score (nSPS) is 26.0. The molecule has 0 atom stereocenters. The Morgan fingerprint density at radius 2 is 1.60 bits per heavy atom. The molecule has 8 rings (SSSR count). The summed E-state index contributed by atoms with van der Waals surface area (Å²) < 4.78 is 6.08. The van der Waals surface area contributed by atoms with Gasteiger partial charge < -0.3 is 19.6 Å². The summed E-state index contributed by atoms with van der Waals surface area (Å²) >= 11 is 0. The number of nitrogens with zero attached hydrogens (tertiary/aromatic N) is 4. The Labute approximate surface area is 268 Å². The van der Waals surface area contributed by atoms with Gasteiger partial charge in [0, 0.05) is 69.3 Å². The zero-order valence-electron chi connectivity index (χ0n) is 27.1. The number of piperazine rings is 1. The van der Waals surface area contributed by atoms with Crippen LogP contribution in [-0.2, 0) is 6.54 Å². The van der Waals surface area contributed by atoms with E-state index in [1.54, 1.807) is 12.3 Å². The number of ether oxygens (including phenoxy) is 1. The van der Waals surface area contributed by atoms with Gasteiger partial charge in [-0.05, 0) is 135 Å². The number of benzene rings is 2. The fourth-order valence-electron chi connectivity index (χ4n) is 9.36. The average Bonchev–Trinajstić information content (AvgIpc) is 3.00. The number of pyridine rings is 1. The predicted octanol–water partition coefficient (Wildman–Crippen LogP) is 6.85. The maximum absolute atomic E-state index is 13.5. The predicted molar refractivity (Wildman–Crippen MR) is 179 cm³/mol. The molecule has 4 saturated carbocycles. The molecule has 1 aromatic heterocycles. The molecule has 0 radical (unpaired) electrons. The Kier molecular flexibility index (Phi) is 8.23. The Morgan fingerprint density at radius 1 is 0.933 bits per heavy atom. The second kappa shape index (κ2) is 12.3. The van der Waals surface area contributed by atoms with Crippen molar-refractivity contribution in [3.05, 3.63) is 72.1 Å². The van der Waals surface area contributed by atoms with E-state index < -0.39 is 0 Å². The molecule has 0 unspecified atom stereocenters. The average molecular weight is 609 g/mol. The van der Waals surface area contributed by atoms with Gasteiger partial charge in [-0.2, -0.15) is 0 Å². The number of hydrogen-bond donors (Lipinski definition) is 1. The van der Waals surface area contributed by atoms with Gasteiger partial charge >= 0.3 is 0 Å². The Bertz CT molecular complexity index is 1480. The lowest BCUT2D eigenvalue weighted by molar-refractivity contribution is -0.0629. The van der Waals surface area contributed by atoms with Crippen LogP contribution in [0.15, 0.2) is 60.9 Å². The molecule has 4 bridgehead atoms.